The Balaban J connectivity index is 2.95. The lowest BCUT2D eigenvalue weighted by molar-refractivity contribution is -0.384. The number of amides is 1. The highest BCUT2D eigenvalue weighted by Crippen LogP contribution is 2.29. The normalized spacial score (nSPS) is 10.3. The van der Waals surface area contributed by atoms with Crippen LogP contribution in [0.3, 0.4) is 0 Å². The number of nitro benzene ring substituents is 1. The molecule has 0 aliphatic rings. The molecule has 0 radical (unpaired) electrons. The van der Waals surface area contributed by atoms with Crippen molar-refractivity contribution in [1.82, 2.24) is 0 Å². The average Bonchev–Trinajstić information content (AvgIpc) is 2.40. The maximum Gasteiger partial charge on any atom is 0.273 e. The Kier molecular flexibility index (Phi) is 5.29. The molecule has 0 aliphatic carbocycles. The lowest BCUT2D eigenvalue weighted by atomic mass is 10.0. The fourth-order valence-electron chi connectivity index (χ4n) is 1.79. The minimum absolute atomic E-state index is 0.0695. The number of benzene rings is 1. The first-order chi connectivity index (χ1) is 9.03. The van der Waals surface area contributed by atoms with Crippen molar-refractivity contribution < 1.29 is 14.5 Å². The second-order valence-electron chi connectivity index (χ2n) is 4.14. The maximum absolute atomic E-state index is 12.0. The van der Waals surface area contributed by atoms with Gasteiger partial charge in [0.15, 0.2) is 0 Å². The standard InChI is InChI=1S/C13H18N2O4/c1-4-9(5-2)13(16)14-11-7-6-10(15(17)18)8-12(11)19-3/h6-9H,4-5H2,1-3H3,(H,14,16). The summed E-state index contributed by atoms with van der Waals surface area (Å²) in [4.78, 5) is 22.1. The highest BCUT2D eigenvalue weighted by Gasteiger charge is 2.17. The van der Waals surface area contributed by atoms with Gasteiger partial charge in [-0.2, -0.15) is 0 Å². The average molecular weight is 266 g/mol. The van der Waals surface area contributed by atoms with Crippen LogP contribution < -0.4 is 10.1 Å². The van der Waals surface area contributed by atoms with Crippen molar-refractivity contribution in [2.45, 2.75) is 26.7 Å². The van der Waals surface area contributed by atoms with Gasteiger partial charge in [0.2, 0.25) is 5.91 Å². The molecule has 0 atom stereocenters. The number of methoxy groups -OCH3 is 1. The Hall–Kier alpha value is -2.11. The highest BCUT2D eigenvalue weighted by molar-refractivity contribution is 5.94. The van der Waals surface area contributed by atoms with Gasteiger partial charge in [0.25, 0.3) is 5.69 Å². The number of hydrogen-bond donors (Lipinski definition) is 1. The second-order valence-corrected chi connectivity index (χ2v) is 4.14. The van der Waals surface area contributed by atoms with Gasteiger partial charge in [-0.1, -0.05) is 13.8 Å². The largest absolute Gasteiger partial charge is 0.494 e. The molecule has 1 rings (SSSR count). The zero-order valence-electron chi connectivity index (χ0n) is 11.3. The second kappa shape index (κ2) is 6.72. The molecule has 104 valence electrons. The number of anilines is 1. The summed E-state index contributed by atoms with van der Waals surface area (Å²) in [6, 6.07) is 4.12. The van der Waals surface area contributed by atoms with Crippen LogP contribution >= 0.6 is 0 Å². The topological polar surface area (TPSA) is 81.5 Å². The van der Waals surface area contributed by atoms with E-state index in [1.54, 1.807) is 0 Å². The number of rotatable bonds is 6. The van der Waals surface area contributed by atoms with E-state index in [1.165, 1.54) is 25.3 Å². The third-order valence-corrected chi connectivity index (χ3v) is 3.01. The van der Waals surface area contributed by atoms with E-state index in [2.05, 4.69) is 5.32 Å². The van der Waals surface area contributed by atoms with Crippen molar-refractivity contribution in [1.29, 1.82) is 0 Å². The van der Waals surface area contributed by atoms with Gasteiger partial charge in [-0.15, -0.1) is 0 Å². The van der Waals surface area contributed by atoms with Crippen molar-refractivity contribution in [2.24, 2.45) is 5.92 Å². The van der Waals surface area contributed by atoms with Gasteiger partial charge in [0.05, 0.1) is 23.8 Å². The first-order valence-electron chi connectivity index (χ1n) is 6.16. The summed E-state index contributed by atoms with van der Waals surface area (Å²) in [5.41, 5.74) is 0.377. The molecular formula is C13H18N2O4. The van der Waals surface area contributed by atoms with E-state index in [4.69, 9.17) is 4.74 Å². The third kappa shape index (κ3) is 3.67. The molecule has 6 heteroatoms. The molecule has 19 heavy (non-hydrogen) atoms. The summed E-state index contributed by atoms with van der Waals surface area (Å²) < 4.78 is 5.06. The summed E-state index contributed by atoms with van der Waals surface area (Å²) in [6.07, 6.45) is 1.50. The van der Waals surface area contributed by atoms with Crippen LogP contribution in [0.1, 0.15) is 26.7 Å². The third-order valence-electron chi connectivity index (χ3n) is 3.01. The summed E-state index contributed by atoms with van der Waals surface area (Å²) in [7, 11) is 1.41. The molecule has 0 saturated heterocycles. The predicted molar refractivity (Wildman–Crippen MR) is 72.4 cm³/mol. The number of nitrogens with one attached hydrogen (secondary N) is 1. The Morgan fingerprint density at radius 1 is 1.42 bits per heavy atom. The summed E-state index contributed by atoms with van der Waals surface area (Å²) in [6.45, 7) is 3.89. The van der Waals surface area contributed by atoms with Crippen LogP contribution in [0.4, 0.5) is 11.4 Å². The van der Waals surface area contributed by atoms with Crippen LogP contribution in [-0.2, 0) is 4.79 Å². The molecule has 0 unspecified atom stereocenters. The van der Waals surface area contributed by atoms with Crippen LogP contribution in [0.25, 0.3) is 0 Å². The molecule has 0 aliphatic heterocycles. The van der Waals surface area contributed by atoms with Crippen LogP contribution in [0.5, 0.6) is 5.75 Å². The molecule has 1 aromatic carbocycles. The van der Waals surface area contributed by atoms with Gasteiger partial charge in [-0.05, 0) is 18.9 Å². The number of hydrogen-bond acceptors (Lipinski definition) is 4. The Morgan fingerprint density at radius 2 is 2.05 bits per heavy atom. The SMILES string of the molecule is CCC(CC)C(=O)Nc1ccc([N+](=O)[O-])cc1OC. The molecule has 0 spiro atoms. The van der Waals surface area contributed by atoms with Crippen molar-refractivity contribution >= 4 is 17.3 Å². The molecule has 1 amide bonds. The number of non-ortho nitro benzene ring substituents is 1. The Bertz CT molecular complexity index is 470. The van der Waals surface area contributed by atoms with Crippen LogP contribution in [-0.4, -0.2) is 17.9 Å². The van der Waals surface area contributed by atoms with Gasteiger partial charge < -0.3 is 10.1 Å². The predicted octanol–water partition coefficient (Wildman–Crippen LogP) is 2.98. The Morgan fingerprint density at radius 3 is 2.53 bits per heavy atom. The van der Waals surface area contributed by atoms with E-state index in [1.807, 2.05) is 13.8 Å². The molecular weight excluding hydrogens is 248 g/mol. The Labute approximate surface area is 111 Å². The molecule has 0 saturated carbocycles. The quantitative estimate of drug-likeness (QED) is 0.634. The molecule has 1 aromatic rings. The van der Waals surface area contributed by atoms with Crippen LogP contribution in [0, 0.1) is 16.0 Å². The minimum atomic E-state index is -0.505. The summed E-state index contributed by atoms with van der Waals surface area (Å²) >= 11 is 0. The van der Waals surface area contributed by atoms with E-state index < -0.39 is 4.92 Å². The molecule has 0 aromatic heterocycles. The van der Waals surface area contributed by atoms with Crippen molar-refractivity contribution in [3.8, 4) is 5.75 Å². The fraction of sp³-hybridized carbons (Fsp3) is 0.462. The first-order valence-corrected chi connectivity index (χ1v) is 6.16. The molecule has 0 fully saturated rings. The lowest BCUT2D eigenvalue weighted by Crippen LogP contribution is -2.21. The number of carbonyl (C=O) groups excluding carboxylic acids is 1. The van der Waals surface area contributed by atoms with E-state index in [9.17, 15) is 14.9 Å². The molecule has 6 nitrogen and oxygen atoms in total. The number of ether oxygens (including phenoxy) is 1. The summed E-state index contributed by atoms with van der Waals surface area (Å²) in [5.74, 6) is 0.116. The van der Waals surface area contributed by atoms with Gasteiger partial charge >= 0.3 is 0 Å². The lowest BCUT2D eigenvalue weighted by Gasteiger charge is -2.14. The van der Waals surface area contributed by atoms with Crippen LogP contribution in [0.15, 0.2) is 18.2 Å². The minimum Gasteiger partial charge on any atom is -0.494 e. The zero-order valence-corrected chi connectivity index (χ0v) is 11.3. The monoisotopic (exact) mass is 266 g/mol. The van der Waals surface area contributed by atoms with E-state index in [0.29, 0.717) is 5.69 Å². The van der Waals surface area contributed by atoms with Crippen LogP contribution in [0.2, 0.25) is 0 Å². The fourth-order valence-corrected chi connectivity index (χ4v) is 1.79. The van der Waals surface area contributed by atoms with Crippen molar-refractivity contribution in [3.63, 3.8) is 0 Å². The van der Waals surface area contributed by atoms with E-state index in [-0.39, 0.29) is 23.3 Å². The van der Waals surface area contributed by atoms with Gasteiger partial charge in [0.1, 0.15) is 5.75 Å². The first kappa shape index (κ1) is 14.9. The molecule has 0 bridgehead atoms. The van der Waals surface area contributed by atoms with Gasteiger partial charge in [0, 0.05) is 12.0 Å². The number of nitro groups is 1. The van der Waals surface area contributed by atoms with Crippen molar-refractivity contribution in [3.05, 3.63) is 28.3 Å². The summed E-state index contributed by atoms with van der Waals surface area (Å²) in [5, 5.41) is 13.4. The smallest absolute Gasteiger partial charge is 0.273 e. The van der Waals surface area contributed by atoms with E-state index >= 15 is 0 Å². The highest BCUT2D eigenvalue weighted by atomic mass is 16.6. The van der Waals surface area contributed by atoms with Gasteiger partial charge in [-0.25, -0.2) is 0 Å². The number of nitrogens with zero attached hydrogens (tertiary/aromatic N) is 1. The molecule has 0 heterocycles. The number of carbonyl (C=O) groups is 1. The van der Waals surface area contributed by atoms with Gasteiger partial charge in [-0.3, -0.25) is 14.9 Å². The van der Waals surface area contributed by atoms with Crippen molar-refractivity contribution in [2.75, 3.05) is 12.4 Å². The zero-order chi connectivity index (χ0) is 14.4. The maximum atomic E-state index is 12.0. The molecule has 1 N–H and O–H groups in total. The van der Waals surface area contributed by atoms with E-state index in [0.717, 1.165) is 12.8 Å².